The summed E-state index contributed by atoms with van der Waals surface area (Å²) in [5.41, 5.74) is -1.52. The van der Waals surface area contributed by atoms with Crippen LogP contribution in [0.1, 0.15) is 51.0 Å². The van der Waals surface area contributed by atoms with Crippen LogP contribution in [0.15, 0.2) is 18.2 Å². The summed E-state index contributed by atoms with van der Waals surface area (Å²) in [6.07, 6.45) is -5.59. The Balaban J connectivity index is 1.53. The molecule has 3 nitrogen and oxygen atoms in total. The minimum Gasteiger partial charge on any atom is -0.432 e. The minimum absolute atomic E-state index is 0.0168. The molecule has 2 aliphatic rings. The van der Waals surface area contributed by atoms with Gasteiger partial charge < -0.3 is 14.2 Å². The highest BCUT2D eigenvalue weighted by Gasteiger charge is 2.46. The van der Waals surface area contributed by atoms with E-state index in [9.17, 15) is 26.3 Å². The molecule has 2 fully saturated rings. The number of halogens is 6. The average Bonchev–Trinajstić information content (AvgIpc) is 2.68. The zero-order valence-electron chi connectivity index (χ0n) is 16.7. The van der Waals surface area contributed by atoms with Gasteiger partial charge in [0.25, 0.3) is 0 Å². The number of rotatable bonds is 6. The average molecular weight is 440 g/mol. The van der Waals surface area contributed by atoms with Gasteiger partial charge in [-0.2, -0.15) is 22.0 Å². The Kier molecular flexibility index (Phi) is 7.22. The van der Waals surface area contributed by atoms with Gasteiger partial charge in [0.05, 0.1) is 24.7 Å². The van der Waals surface area contributed by atoms with Gasteiger partial charge in [-0.3, -0.25) is 0 Å². The van der Waals surface area contributed by atoms with Crippen LogP contribution in [0.5, 0.6) is 5.75 Å². The van der Waals surface area contributed by atoms with Crippen LogP contribution >= 0.6 is 0 Å². The van der Waals surface area contributed by atoms with Crippen molar-refractivity contribution in [3.8, 4) is 5.75 Å². The third kappa shape index (κ3) is 5.60. The first-order valence-corrected chi connectivity index (χ1v) is 10.3. The predicted octanol–water partition coefficient (Wildman–Crippen LogP) is 6.41. The molecule has 170 valence electrons. The molecule has 0 unspecified atom stereocenters. The second kappa shape index (κ2) is 9.34. The fraction of sp³-hybridized carbons (Fsp3) is 0.714. The minimum atomic E-state index is -4.90. The second-order valence-electron chi connectivity index (χ2n) is 8.10. The van der Waals surface area contributed by atoms with Crippen molar-refractivity contribution in [2.24, 2.45) is 17.8 Å². The molecule has 30 heavy (non-hydrogen) atoms. The van der Waals surface area contributed by atoms with Crippen LogP contribution < -0.4 is 4.74 Å². The summed E-state index contributed by atoms with van der Waals surface area (Å²) in [5.74, 6) is -3.01. The van der Waals surface area contributed by atoms with Crippen molar-refractivity contribution in [1.29, 1.82) is 0 Å². The number of benzene rings is 1. The molecule has 3 rings (SSSR count). The van der Waals surface area contributed by atoms with Crippen molar-refractivity contribution in [3.63, 3.8) is 0 Å². The molecule has 0 N–H and O–H groups in total. The maximum absolute atomic E-state index is 14.5. The van der Waals surface area contributed by atoms with Crippen LogP contribution in [-0.2, 0) is 15.7 Å². The number of hydrogen-bond donors (Lipinski definition) is 0. The van der Waals surface area contributed by atoms with Gasteiger partial charge in [-0.25, -0.2) is 4.39 Å². The molecule has 0 bridgehead atoms. The predicted molar refractivity (Wildman–Crippen MR) is 96.5 cm³/mol. The Bertz CT molecular complexity index is 692. The monoisotopic (exact) mass is 440 g/mol. The maximum atomic E-state index is 14.5. The molecule has 0 atom stereocenters. The van der Waals surface area contributed by atoms with Gasteiger partial charge in [0.15, 0.2) is 6.29 Å². The molecule has 1 heterocycles. The normalized spacial score (nSPS) is 28.4. The first kappa shape index (κ1) is 23.2. The summed E-state index contributed by atoms with van der Waals surface area (Å²) in [6, 6.07) is 1.46. The fourth-order valence-electron chi connectivity index (χ4n) is 4.16. The maximum Gasteiger partial charge on any atom is 0.419 e. The quantitative estimate of drug-likeness (QED) is 0.479. The van der Waals surface area contributed by atoms with Gasteiger partial charge >= 0.3 is 12.3 Å². The Labute approximate surface area is 171 Å². The molecule has 1 aliphatic carbocycles. The van der Waals surface area contributed by atoms with Gasteiger partial charge in [0.1, 0.15) is 11.6 Å². The first-order valence-electron chi connectivity index (χ1n) is 10.3. The molecule has 1 saturated carbocycles. The van der Waals surface area contributed by atoms with Crippen molar-refractivity contribution >= 4 is 0 Å². The largest absolute Gasteiger partial charge is 0.432 e. The van der Waals surface area contributed by atoms with Crippen LogP contribution in [0.3, 0.4) is 0 Å². The third-order valence-electron chi connectivity index (χ3n) is 5.82. The van der Waals surface area contributed by atoms with E-state index in [-0.39, 0.29) is 18.8 Å². The molecular weight excluding hydrogens is 414 g/mol. The molecule has 0 amide bonds. The van der Waals surface area contributed by atoms with E-state index in [1.54, 1.807) is 0 Å². The molecule has 0 aromatic heterocycles. The van der Waals surface area contributed by atoms with Gasteiger partial charge in [0.2, 0.25) is 0 Å². The van der Waals surface area contributed by atoms with Crippen LogP contribution in [0.2, 0.25) is 0 Å². The van der Waals surface area contributed by atoms with E-state index in [1.807, 2.05) is 0 Å². The summed E-state index contributed by atoms with van der Waals surface area (Å²) < 4.78 is 96.7. The van der Waals surface area contributed by atoms with E-state index in [1.165, 1.54) is 0 Å². The van der Waals surface area contributed by atoms with E-state index < -0.39 is 41.6 Å². The number of alkyl halides is 5. The van der Waals surface area contributed by atoms with Crippen LogP contribution in [0, 0.1) is 23.6 Å². The van der Waals surface area contributed by atoms with Crippen molar-refractivity contribution in [1.82, 2.24) is 0 Å². The van der Waals surface area contributed by atoms with Gasteiger partial charge in [-0.05, 0) is 44.2 Å². The SMILES string of the molecule is CCCC1COC(C2CCC(C(F)(F)Oc3ccc(C(F)(F)F)c(F)c3)CC2)OC1. The summed E-state index contributed by atoms with van der Waals surface area (Å²) in [5, 5.41) is 0. The zero-order valence-corrected chi connectivity index (χ0v) is 16.7. The number of hydrogen-bond acceptors (Lipinski definition) is 3. The van der Waals surface area contributed by atoms with E-state index in [4.69, 9.17) is 9.47 Å². The summed E-state index contributed by atoms with van der Waals surface area (Å²) in [6.45, 7) is 3.31. The standard InChI is InChI=1S/C21H26F6O3/c1-2-3-13-11-28-19(29-12-13)14-4-6-15(7-5-14)21(26,27)30-16-8-9-17(18(22)10-16)20(23,24)25/h8-10,13-15,19H,2-7,11-12H2,1H3. The van der Waals surface area contributed by atoms with E-state index >= 15 is 0 Å². The molecule has 0 radical (unpaired) electrons. The molecule has 9 heteroatoms. The lowest BCUT2D eigenvalue weighted by Gasteiger charge is -2.39. The Morgan fingerprint density at radius 2 is 1.63 bits per heavy atom. The Hall–Kier alpha value is -1.48. The fourth-order valence-corrected chi connectivity index (χ4v) is 4.16. The van der Waals surface area contributed by atoms with Crippen molar-refractivity contribution in [2.75, 3.05) is 13.2 Å². The van der Waals surface area contributed by atoms with Crippen LogP contribution in [0.4, 0.5) is 26.3 Å². The van der Waals surface area contributed by atoms with Crippen molar-refractivity contribution in [3.05, 3.63) is 29.6 Å². The van der Waals surface area contributed by atoms with Gasteiger partial charge in [0, 0.05) is 17.9 Å². The molecule has 1 aromatic rings. The molecular formula is C21H26F6O3. The highest BCUT2D eigenvalue weighted by Crippen LogP contribution is 2.42. The van der Waals surface area contributed by atoms with Crippen molar-refractivity contribution < 1.29 is 40.6 Å². The smallest absolute Gasteiger partial charge is 0.419 e. The lowest BCUT2D eigenvalue weighted by Crippen LogP contribution is -2.42. The lowest BCUT2D eigenvalue weighted by atomic mass is 9.80. The van der Waals surface area contributed by atoms with E-state index in [2.05, 4.69) is 11.7 Å². The Morgan fingerprint density at radius 1 is 1.00 bits per heavy atom. The summed E-state index contributed by atoms with van der Waals surface area (Å²) >= 11 is 0. The zero-order chi connectivity index (χ0) is 21.9. The van der Waals surface area contributed by atoms with E-state index in [0.29, 0.717) is 50.2 Å². The topological polar surface area (TPSA) is 27.7 Å². The molecule has 1 aliphatic heterocycles. The van der Waals surface area contributed by atoms with Crippen molar-refractivity contribution in [2.45, 2.75) is 64.0 Å². The lowest BCUT2D eigenvalue weighted by molar-refractivity contribution is -0.247. The first-order chi connectivity index (χ1) is 14.1. The molecule has 0 spiro atoms. The third-order valence-corrected chi connectivity index (χ3v) is 5.82. The van der Waals surface area contributed by atoms with Crippen LogP contribution in [-0.4, -0.2) is 25.6 Å². The van der Waals surface area contributed by atoms with E-state index in [0.717, 1.165) is 12.8 Å². The number of ether oxygens (including phenoxy) is 3. The molecule has 1 saturated heterocycles. The summed E-state index contributed by atoms with van der Waals surface area (Å²) in [7, 11) is 0. The summed E-state index contributed by atoms with van der Waals surface area (Å²) in [4.78, 5) is 0. The molecule has 1 aromatic carbocycles. The highest BCUT2D eigenvalue weighted by molar-refractivity contribution is 5.30. The van der Waals surface area contributed by atoms with Crippen LogP contribution in [0.25, 0.3) is 0 Å². The second-order valence-corrected chi connectivity index (χ2v) is 8.10. The van der Waals surface area contributed by atoms with Gasteiger partial charge in [-0.1, -0.05) is 13.3 Å². The van der Waals surface area contributed by atoms with Gasteiger partial charge in [-0.15, -0.1) is 0 Å². The highest BCUT2D eigenvalue weighted by atomic mass is 19.4. The Morgan fingerprint density at radius 3 is 2.17 bits per heavy atom.